The molecule has 3 N–H and O–H groups in total. The zero-order chi connectivity index (χ0) is 11.1. The summed E-state index contributed by atoms with van der Waals surface area (Å²) >= 11 is 0. The first kappa shape index (κ1) is 12.3. The molecule has 88 valence electrons. The second-order valence-electron chi connectivity index (χ2n) is 4.50. The molecule has 15 heavy (non-hydrogen) atoms. The highest BCUT2D eigenvalue weighted by Gasteiger charge is 2.16. The molecule has 1 aliphatic carbocycles. The predicted molar refractivity (Wildman–Crippen MR) is 61.9 cm³/mol. The Morgan fingerprint density at radius 1 is 1.33 bits per heavy atom. The van der Waals surface area contributed by atoms with E-state index in [1.165, 1.54) is 12.8 Å². The van der Waals surface area contributed by atoms with Crippen molar-refractivity contribution in [3.63, 3.8) is 0 Å². The summed E-state index contributed by atoms with van der Waals surface area (Å²) in [5.41, 5.74) is 0. The lowest BCUT2D eigenvalue weighted by Gasteiger charge is -2.15. The molecule has 1 rings (SSSR count). The van der Waals surface area contributed by atoms with Crippen LogP contribution in [-0.2, 0) is 0 Å². The van der Waals surface area contributed by atoms with Crippen molar-refractivity contribution in [3.8, 4) is 0 Å². The number of carbonyl (C=O) groups is 1. The van der Waals surface area contributed by atoms with Crippen molar-refractivity contribution in [3.05, 3.63) is 0 Å². The average Bonchev–Trinajstić information content (AvgIpc) is 2.68. The molecule has 2 amide bonds. The van der Waals surface area contributed by atoms with Gasteiger partial charge in [0.05, 0.1) is 0 Å². The summed E-state index contributed by atoms with van der Waals surface area (Å²) in [5.74, 6) is 0.476. The van der Waals surface area contributed by atoms with Crippen LogP contribution in [0.15, 0.2) is 0 Å². The van der Waals surface area contributed by atoms with Gasteiger partial charge in [-0.15, -0.1) is 0 Å². The predicted octanol–water partition coefficient (Wildman–Crippen LogP) is 1.08. The molecular formula is C11H23N3O. The summed E-state index contributed by atoms with van der Waals surface area (Å²) in [6.45, 7) is 3.79. The Morgan fingerprint density at radius 3 is 2.60 bits per heavy atom. The van der Waals surface area contributed by atoms with E-state index < -0.39 is 0 Å². The van der Waals surface area contributed by atoms with Gasteiger partial charge in [-0.3, -0.25) is 0 Å². The van der Waals surface area contributed by atoms with Gasteiger partial charge in [-0.2, -0.15) is 0 Å². The first-order chi connectivity index (χ1) is 7.22. The van der Waals surface area contributed by atoms with Gasteiger partial charge < -0.3 is 16.0 Å². The standard InChI is InChI=1S/C11H23N3O/c1-9(7-12-2)8-13-11(15)14-10-5-3-4-6-10/h9-10,12H,3-8H2,1-2H3,(H2,13,14,15). The maximum atomic E-state index is 11.5. The minimum atomic E-state index is -0.00940. The van der Waals surface area contributed by atoms with Crippen LogP contribution in [0.1, 0.15) is 32.6 Å². The molecule has 1 saturated carbocycles. The Hall–Kier alpha value is -0.770. The van der Waals surface area contributed by atoms with Crippen molar-refractivity contribution in [2.45, 2.75) is 38.6 Å². The number of amides is 2. The lowest BCUT2D eigenvalue weighted by molar-refractivity contribution is 0.235. The fourth-order valence-corrected chi connectivity index (χ4v) is 1.99. The van der Waals surface area contributed by atoms with Gasteiger partial charge in [0.2, 0.25) is 0 Å². The zero-order valence-corrected chi connectivity index (χ0v) is 9.81. The number of hydrogen-bond acceptors (Lipinski definition) is 2. The van der Waals surface area contributed by atoms with Crippen molar-refractivity contribution >= 4 is 6.03 Å². The largest absolute Gasteiger partial charge is 0.338 e. The van der Waals surface area contributed by atoms with E-state index in [9.17, 15) is 4.79 Å². The van der Waals surface area contributed by atoms with Gasteiger partial charge in [-0.25, -0.2) is 4.79 Å². The van der Waals surface area contributed by atoms with E-state index in [2.05, 4.69) is 22.9 Å². The molecule has 0 radical (unpaired) electrons. The highest BCUT2D eigenvalue weighted by Crippen LogP contribution is 2.17. The molecular weight excluding hydrogens is 190 g/mol. The molecule has 1 fully saturated rings. The van der Waals surface area contributed by atoms with E-state index in [0.717, 1.165) is 25.9 Å². The molecule has 0 aromatic rings. The Balaban J connectivity index is 2.07. The zero-order valence-electron chi connectivity index (χ0n) is 9.81. The van der Waals surface area contributed by atoms with Gasteiger partial charge >= 0.3 is 6.03 Å². The van der Waals surface area contributed by atoms with E-state index in [0.29, 0.717) is 12.0 Å². The van der Waals surface area contributed by atoms with Crippen LogP contribution in [0.2, 0.25) is 0 Å². The second-order valence-corrected chi connectivity index (χ2v) is 4.50. The summed E-state index contributed by atoms with van der Waals surface area (Å²) < 4.78 is 0. The van der Waals surface area contributed by atoms with Crippen LogP contribution in [0.5, 0.6) is 0 Å². The first-order valence-electron chi connectivity index (χ1n) is 5.91. The highest BCUT2D eigenvalue weighted by molar-refractivity contribution is 5.74. The third-order valence-electron chi connectivity index (χ3n) is 2.85. The van der Waals surface area contributed by atoms with Gasteiger partial charge in [0.25, 0.3) is 0 Å². The molecule has 0 aromatic heterocycles. The number of hydrogen-bond donors (Lipinski definition) is 3. The monoisotopic (exact) mass is 213 g/mol. The van der Waals surface area contributed by atoms with Crippen LogP contribution in [0.4, 0.5) is 4.79 Å². The molecule has 0 heterocycles. The Morgan fingerprint density at radius 2 is 2.00 bits per heavy atom. The van der Waals surface area contributed by atoms with E-state index >= 15 is 0 Å². The van der Waals surface area contributed by atoms with E-state index in [1.54, 1.807) is 0 Å². The Kier molecular flexibility index (Phi) is 5.47. The molecule has 0 bridgehead atoms. The number of rotatable bonds is 5. The maximum Gasteiger partial charge on any atom is 0.315 e. The smallest absolute Gasteiger partial charge is 0.315 e. The Labute approximate surface area is 92.2 Å². The molecule has 0 aromatic carbocycles. The summed E-state index contributed by atoms with van der Waals surface area (Å²) in [6.07, 6.45) is 4.78. The van der Waals surface area contributed by atoms with Crippen molar-refractivity contribution in [1.82, 2.24) is 16.0 Å². The molecule has 1 unspecified atom stereocenters. The fourth-order valence-electron chi connectivity index (χ4n) is 1.99. The third-order valence-corrected chi connectivity index (χ3v) is 2.85. The Bertz CT molecular complexity index is 190. The summed E-state index contributed by atoms with van der Waals surface area (Å²) in [7, 11) is 1.93. The number of nitrogens with one attached hydrogen (secondary N) is 3. The van der Waals surface area contributed by atoms with E-state index in [1.807, 2.05) is 7.05 Å². The topological polar surface area (TPSA) is 53.2 Å². The van der Waals surface area contributed by atoms with Gasteiger partial charge in [0.1, 0.15) is 0 Å². The molecule has 0 spiro atoms. The van der Waals surface area contributed by atoms with Crippen LogP contribution in [-0.4, -0.2) is 32.2 Å². The van der Waals surface area contributed by atoms with E-state index in [4.69, 9.17) is 0 Å². The lowest BCUT2D eigenvalue weighted by atomic mass is 10.2. The summed E-state index contributed by atoms with van der Waals surface area (Å²) in [4.78, 5) is 11.5. The minimum Gasteiger partial charge on any atom is -0.338 e. The molecule has 1 atom stereocenters. The number of carbonyl (C=O) groups excluding carboxylic acids is 1. The normalized spacial score (nSPS) is 18.8. The van der Waals surface area contributed by atoms with Gasteiger partial charge in [0.15, 0.2) is 0 Å². The average molecular weight is 213 g/mol. The van der Waals surface area contributed by atoms with Crippen molar-refractivity contribution in [2.75, 3.05) is 20.1 Å². The van der Waals surface area contributed by atoms with Gasteiger partial charge in [-0.1, -0.05) is 19.8 Å². The maximum absolute atomic E-state index is 11.5. The van der Waals surface area contributed by atoms with Crippen LogP contribution in [0.3, 0.4) is 0 Å². The molecule has 0 saturated heterocycles. The lowest BCUT2D eigenvalue weighted by Crippen LogP contribution is -2.43. The quantitative estimate of drug-likeness (QED) is 0.640. The van der Waals surface area contributed by atoms with Crippen LogP contribution in [0, 0.1) is 5.92 Å². The third kappa shape index (κ3) is 5.02. The molecule has 0 aliphatic heterocycles. The SMILES string of the molecule is CNCC(C)CNC(=O)NC1CCCC1. The summed E-state index contributed by atoms with van der Waals surface area (Å²) in [6, 6.07) is 0.398. The van der Waals surface area contributed by atoms with Crippen molar-refractivity contribution < 1.29 is 4.79 Å². The summed E-state index contributed by atoms with van der Waals surface area (Å²) in [5, 5.41) is 9.00. The molecule has 4 nitrogen and oxygen atoms in total. The molecule has 4 heteroatoms. The van der Waals surface area contributed by atoms with Gasteiger partial charge in [0, 0.05) is 12.6 Å². The van der Waals surface area contributed by atoms with Crippen LogP contribution < -0.4 is 16.0 Å². The first-order valence-corrected chi connectivity index (χ1v) is 5.91. The van der Waals surface area contributed by atoms with Crippen LogP contribution >= 0.6 is 0 Å². The van der Waals surface area contributed by atoms with Gasteiger partial charge in [-0.05, 0) is 32.4 Å². The minimum absolute atomic E-state index is 0.00940. The van der Waals surface area contributed by atoms with E-state index in [-0.39, 0.29) is 6.03 Å². The number of urea groups is 1. The van der Waals surface area contributed by atoms with Crippen LogP contribution in [0.25, 0.3) is 0 Å². The highest BCUT2D eigenvalue weighted by atomic mass is 16.2. The second kappa shape index (κ2) is 6.67. The van der Waals surface area contributed by atoms with Crippen molar-refractivity contribution in [2.24, 2.45) is 5.92 Å². The van der Waals surface area contributed by atoms with Crippen molar-refractivity contribution in [1.29, 1.82) is 0 Å². The molecule has 1 aliphatic rings. The fraction of sp³-hybridized carbons (Fsp3) is 0.909.